The van der Waals surface area contributed by atoms with E-state index in [-0.39, 0.29) is 63.0 Å². The molecule has 2 aromatic heterocycles. The van der Waals surface area contributed by atoms with Crippen LogP contribution in [0.5, 0.6) is 0 Å². The largest absolute Gasteiger partial charge is 0.396 e. The molecule has 1 aliphatic rings. The minimum atomic E-state index is -4.30. The van der Waals surface area contributed by atoms with Crippen molar-refractivity contribution in [3.8, 4) is 0 Å². The highest BCUT2D eigenvalue weighted by Gasteiger charge is 2.49. The van der Waals surface area contributed by atoms with E-state index in [4.69, 9.17) is 16.3 Å². The van der Waals surface area contributed by atoms with E-state index in [1.807, 2.05) is 0 Å². The molecule has 196 valence electrons. The number of nitrogens with zero attached hydrogens (tertiary/aromatic N) is 4. The molecule has 0 saturated heterocycles. The van der Waals surface area contributed by atoms with Crippen LogP contribution in [0.1, 0.15) is 43.5 Å². The fourth-order valence-corrected chi connectivity index (χ4v) is 5.13. The number of aromatic nitrogens is 4. The van der Waals surface area contributed by atoms with E-state index in [9.17, 15) is 27.9 Å². The molecule has 0 unspecified atom stereocenters. The van der Waals surface area contributed by atoms with Crippen molar-refractivity contribution in [3.63, 3.8) is 0 Å². The highest BCUT2D eigenvalue weighted by atomic mass is 35.5. The monoisotopic (exact) mass is 528 g/mol. The third-order valence-electron chi connectivity index (χ3n) is 7.08. The Morgan fingerprint density at radius 2 is 1.81 bits per heavy atom. The predicted molar refractivity (Wildman–Crippen MR) is 128 cm³/mol. The molecule has 1 N–H and O–H groups in total. The molecule has 2 heterocycles. The van der Waals surface area contributed by atoms with Crippen LogP contribution in [-0.2, 0) is 30.5 Å². The van der Waals surface area contributed by atoms with Crippen LogP contribution >= 0.6 is 11.6 Å². The van der Waals surface area contributed by atoms with Gasteiger partial charge in [0, 0.05) is 38.9 Å². The number of halogens is 4. The quantitative estimate of drug-likeness (QED) is 0.506. The van der Waals surface area contributed by atoms with E-state index in [0.717, 1.165) is 10.1 Å². The molecule has 0 atom stereocenters. The minimum absolute atomic E-state index is 0.0160. The number of hydrogen-bond donors (Lipinski definition) is 1. The lowest BCUT2D eigenvalue weighted by Crippen LogP contribution is -2.41. The normalized spacial score (nSPS) is 20.8. The van der Waals surface area contributed by atoms with Gasteiger partial charge in [-0.1, -0.05) is 23.7 Å². The molecule has 36 heavy (non-hydrogen) atoms. The Morgan fingerprint density at radius 1 is 1.17 bits per heavy atom. The maximum Gasteiger partial charge on any atom is 0.391 e. The first-order valence-electron chi connectivity index (χ1n) is 11.7. The number of ether oxygens (including phenoxy) is 1. The number of benzene rings is 1. The van der Waals surface area contributed by atoms with E-state index in [2.05, 4.69) is 4.98 Å². The summed E-state index contributed by atoms with van der Waals surface area (Å²) in [6, 6.07) is 6.96. The summed E-state index contributed by atoms with van der Waals surface area (Å²) in [6.07, 6.45) is -4.25. The summed E-state index contributed by atoms with van der Waals surface area (Å²) >= 11 is 6.03. The summed E-state index contributed by atoms with van der Waals surface area (Å²) in [7, 11) is 2.92. The van der Waals surface area contributed by atoms with Crippen molar-refractivity contribution in [1.82, 2.24) is 18.7 Å². The standard InChI is InChI=1S/C24H28ClF3N4O4/c1-30-19-18(20(34)31(22(30)35)12-3-13-33)32(14-15-4-6-17(25)7-5-15)21(29-19)23(36-2)10-8-16(9-11-23)24(26,27)28/h4-7,16,33H,3,8-14H2,1-2H3. The van der Waals surface area contributed by atoms with E-state index >= 15 is 0 Å². The molecule has 0 bridgehead atoms. The van der Waals surface area contributed by atoms with Gasteiger partial charge < -0.3 is 14.4 Å². The van der Waals surface area contributed by atoms with Gasteiger partial charge in [-0.05, 0) is 49.8 Å². The molecule has 8 nitrogen and oxygen atoms in total. The van der Waals surface area contributed by atoms with E-state index in [1.54, 1.807) is 28.8 Å². The van der Waals surface area contributed by atoms with Gasteiger partial charge in [0.05, 0.1) is 5.92 Å². The fourth-order valence-electron chi connectivity index (χ4n) is 5.00. The fraction of sp³-hybridized carbons (Fsp3) is 0.542. The van der Waals surface area contributed by atoms with Crippen LogP contribution in [0.2, 0.25) is 5.02 Å². The highest BCUT2D eigenvalue weighted by Crippen LogP contribution is 2.47. The second-order valence-corrected chi connectivity index (χ2v) is 9.65. The van der Waals surface area contributed by atoms with Crippen molar-refractivity contribution in [2.45, 2.75) is 57.0 Å². The van der Waals surface area contributed by atoms with Gasteiger partial charge in [0.25, 0.3) is 5.56 Å². The van der Waals surface area contributed by atoms with Crippen molar-refractivity contribution in [2.75, 3.05) is 13.7 Å². The average Bonchev–Trinajstić information content (AvgIpc) is 3.23. The number of rotatable bonds is 7. The van der Waals surface area contributed by atoms with Gasteiger partial charge in [0.2, 0.25) is 0 Å². The SMILES string of the molecule is COC1(c2nc3c(c(=O)n(CCCO)c(=O)n3C)n2Cc2ccc(Cl)cc2)CCC(C(F)(F)F)CC1. The topological polar surface area (TPSA) is 91.3 Å². The van der Waals surface area contributed by atoms with Crippen LogP contribution in [0.4, 0.5) is 13.2 Å². The Balaban J connectivity index is 1.93. The first-order chi connectivity index (χ1) is 17.0. The zero-order chi connectivity index (χ0) is 26.3. The summed E-state index contributed by atoms with van der Waals surface area (Å²) in [5.41, 5.74) is -1.27. The third kappa shape index (κ3) is 4.71. The molecule has 1 aromatic carbocycles. The number of imidazole rings is 1. The molecule has 0 aliphatic heterocycles. The number of hydrogen-bond acceptors (Lipinski definition) is 5. The van der Waals surface area contributed by atoms with Crippen LogP contribution in [-0.4, -0.2) is 43.7 Å². The molecule has 1 aliphatic carbocycles. The van der Waals surface area contributed by atoms with Crippen LogP contribution in [0, 0.1) is 5.92 Å². The molecular formula is C24H28ClF3N4O4. The van der Waals surface area contributed by atoms with E-state index < -0.39 is 28.9 Å². The summed E-state index contributed by atoms with van der Waals surface area (Å²) in [6.45, 7) is -0.0115. The maximum atomic E-state index is 13.5. The van der Waals surface area contributed by atoms with Gasteiger partial charge in [-0.25, -0.2) is 9.78 Å². The third-order valence-corrected chi connectivity index (χ3v) is 7.33. The van der Waals surface area contributed by atoms with Gasteiger partial charge in [-0.2, -0.15) is 13.2 Å². The van der Waals surface area contributed by atoms with Gasteiger partial charge in [0.1, 0.15) is 11.4 Å². The maximum absolute atomic E-state index is 13.5. The van der Waals surface area contributed by atoms with Crippen molar-refractivity contribution in [3.05, 3.63) is 61.5 Å². The highest BCUT2D eigenvalue weighted by molar-refractivity contribution is 6.30. The molecule has 4 rings (SSSR count). The first-order valence-corrected chi connectivity index (χ1v) is 12.1. The van der Waals surface area contributed by atoms with Crippen molar-refractivity contribution in [2.24, 2.45) is 13.0 Å². The molecule has 1 fully saturated rings. The number of aryl methyl sites for hydroxylation is 1. The van der Waals surface area contributed by atoms with Gasteiger partial charge in [-0.3, -0.25) is 13.9 Å². The zero-order valence-corrected chi connectivity index (χ0v) is 20.8. The second kappa shape index (κ2) is 10.0. The van der Waals surface area contributed by atoms with E-state index in [0.29, 0.717) is 10.8 Å². The number of methoxy groups -OCH3 is 1. The Morgan fingerprint density at radius 3 is 2.36 bits per heavy atom. The molecule has 0 radical (unpaired) electrons. The smallest absolute Gasteiger partial charge is 0.391 e. The van der Waals surface area contributed by atoms with Crippen molar-refractivity contribution < 1.29 is 23.0 Å². The predicted octanol–water partition coefficient (Wildman–Crippen LogP) is 3.58. The Hall–Kier alpha value is -2.63. The first kappa shape index (κ1) is 26.4. The molecule has 0 spiro atoms. The number of aliphatic hydroxyl groups excluding tert-OH is 1. The molecular weight excluding hydrogens is 501 g/mol. The Labute approximate surface area is 209 Å². The Kier molecular flexibility index (Phi) is 7.36. The number of fused-ring (bicyclic) bond motifs is 1. The molecule has 1 saturated carbocycles. The summed E-state index contributed by atoms with van der Waals surface area (Å²) in [4.78, 5) is 31.1. The molecule has 0 amide bonds. The number of aliphatic hydroxyl groups is 1. The number of alkyl halides is 3. The zero-order valence-electron chi connectivity index (χ0n) is 20.0. The lowest BCUT2D eigenvalue weighted by atomic mass is 9.77. The van der Waals surface area contributed by atoms with Crippen LogP contribution in [0.15, 0.2) is 33.9 Å². The van der Waals surface area contributed by atoms with Gasteiger partial charge >= 0.3 is 11.9 Å². The summed E-state index contributed by atoms with van der Waals surface area (Å²) in [5, 5.41) is 9.76. The summed E-state index contributed by atoms with van der Waals surface area (Å²) < 4.78 is 50.0. The van der Waals surface area contributed by atoms with Crippen LogP contribution in [0.3, 0.4) is 0 Å². The van der Waals surface area contributed by atoms with Crippen LogP contribution < -0.4 is 11.2 Å². The summed E-state index contributed by atoms with van der Waals surface area (Å²) in [5.74, 6) is -1.13. The molecule has 3 aromatic rings. The van der Waals surface area contributed by atoms with Gasteiger partial charge in [-0.15, -0.1) is 0 Å². The van der Waals surface area contributed by atoms with Crippen molar-refractivity contribution in [1.29, 1.82) is 0 Å². The second-order valence-electron chi connectivity index (χ2n) is 9.21. The molecule has 12 heteroatoms. The Bertz CT molecular complexity index is 1350. The van der Waals surface area contributed by atoms with Gasteiger partial charge in [0.15, 0.2) is 11.2 Å². The minimum Gasteiger partial charge on any atom is -0.396 e. The van der Waals surface area contributed by atoms with Crippen LogP contribution in [0.25, 0.3) is 11.2 Å². The average molecular weight is 529 g/mol. The lowest BCUT2D eigenvalue weighted by Gasteiger charge is -2.39. The van der Waals surface area contributed by atoms with Crippen molar-refractivity contribution >= 4 is 22.8 Å². The lowest BCUT2D eigenvalue weighted by molar-refractivity contribution is -0.196. The van der Waals surface area contributed by atoms with E-state index in [1.165, 1.54) is 18.7 Å².